The number of rotatable bonds is 5. The van der Waals surface area contributed by atoms with Crippen LogP contribution >= 0.6 is 0 Å². The van der Waals surface area contributed by atoms with E-state index in [0.717, 1.165) is 24.3 Å². The number of aliphatic hydroxyl groups excluding tert-OH is 1. The Morgan fingerprint density at radius 1 is 1.38 bits per heavy atom. The minimum absolute atomic E-state index is 0.0961. The molecule has 1 aromatic carbocycles. The Morgan fingerprint density at radius 3 is 2.95 bits per heavy atom. The number of aryl methyl sites for hydroxylation is 1. The topological polar surface area (TPSA) is 58.3 Å². The summed E-state index contributed by atoms with van der Waals surface area (Å²) < 4.78 is 5.46. The van der Waals surface area contributed by atoms with Crippen LogP contribution in [0.15, 0.2) is 35.1 Å². The lowest BCUT2D eigenvalue weighted by Gasteiger charge is -2.29. The largest absolute Gasteiger partial charge is 0.448 e. The standard InChI is InChI=1S/C17H22N2O2/c1-12(2)16-15(18-11-21-16)9-19-17(10-20)8-7-13-5-3-4-6-14(13)17/h3-6,11-12,19-20H,7-10H2,1-2H3. The molecule has 0 amide bonds. The zero-order valence-electron chi connectivity index (χ0n) is 12.6. The predicted molar refractivity (Wildman–Crippen MR) is 81.0 cm³/mol. The molecule has 1 aliphatic carbocycles. The van der Waals surface area contributed by atoms with Gasteiger partial charge in [0.15, 0.2) is 6.39 Å². The van der Waals surface area contributed by atoms with Crippen LogP contribution < -0.4 is 5.32 Å². The van der Waals surface area contributed by atoms with E-state index in [9.17, 15) is 5.11 Å². The maximum atomic E-state index is 9.96. The highest BCUT2D eigenvalue weighted by molar-refractivity contribution is 5.39. The van der Waals surface area contributed by atoms with E-state index in [4.69, 9.17) is 4.42 Å². The molecule has 0 radical (unpaired) electrons. The molecule has 1 atom stereocenters. The quantitative estimate of drug-likeness (QED) is 0.887. The highest BCUT2D eigenvalue weighted by atomic mass is 16.3. The van der Waals surface area contributed by atoms with Crippen molar-refractivity contribution in [2.45, 2.75) is 44.7 Å². The number of aliphatic hydroxyl groups is 1. The Labute approximate surface area is 125 Å². The third kappa shape index (κ3) is 2.49. The van der Waals surface area contributed by atoms with Crippen LogP contribution in [0.3, 0.4) is 0 Å². The van der Waals surface area contributed by atoms with Crippen LogP contribution in [0.4, 0.5) is 0 Å². The molecule has 1 heterocycles. The molecule has 21 heavy (non-hydrogen) atoms. The molecule has 0 bridgehead atoms. The van der Waals surface area contributed by atoms with Crippen LogP contribution in [0, 0.1) is 0 Å². The average Bonchev–Trinajstić information content (AvgIpc) is 3.10. The summed E-state index contributed by atoms with van der Waals surface area (Å²) in [5.41, 5.74) is 3.11. The highest BCUT2D eigenvalue weighted by Gasteiger charge is 2.37. The van der Waals surface area contributed by atoms with Gasteiger partial charge in [-0.05, 0) is 24.0 Å². The molecule has 0 saturated carbocycles. The first-order valence-electron chi connectivity index (χ1n) is 7.53. The lowest BCUT2D eigenvalue weighted by Crippen LogP contribution is -2.43. The van der Waals surface area contributed by atoms with E-state index >= 15 is 0 Å². The van der Waals surface area contributed by atoms with Crippen LogP contribution in [0.25, 0.3) is 0 Å². The predicted octanol–water partition coefficient (Wildman–Crippen LogP) is 2.72. The van der Waals surface area contributed by atoms with Crippen molar-refractivity contribution in [3.8, 4) is 0 Å². The summed E-state index contributed by atoms with van der Waals surface area (Å²) in [5, 5.41) is 13.5. The van der Waals surface area contributed by atoms with Gasteiger partial charge in [0, 0.05) is 12.5 Å². The van der Waals surface area contributed by atoms with Crippen LogP contribution in [0.2, 0.25) is 0 Å². The zero-order valence-corrected chi connectivity index (χ0v) is 12.6. The van der Waals surface area contributed by atoms with Gasteiger partial charge in [-0.2, -0.15) is 0 Å². The lowest BCUT2D eigenvalue weighted by molar-refractivity contribution is 0.158. The second kappa shape index (κ2) is 5.62. The third-order valence-electron chi connectivity index (χ3n) is 4.42. The first kappa shape index (κ1) is 14.3. The van der Waals surface area contributed by atoms with Crippen LogP contribution in [-0.4, -0.2) is 16.7 Å². The van der Waals surface area contributed by atoms with E-state index in [1.807, 2.05) is 6.07 Å². The Kier molecular flexibility index (Phi) is 3.83. The minimum Gasteiger partial charge on any atom is -0.448 e. The minimum atomic E-state index is -0.357. The van der Waals surface area contributed by atoms with E-state index < -0.39 is 0 Å². The Balaban J connectivity index is 1.82. The molecule has 0 saturated heterocycles. The smallest absolute Gasteiger partial charge is 0.181 e. The molecule has 0 spiro atoms. The van der Waals surface area contributed by atoms with E-state index in [2.05, 4.69) is 42.3 Å². The van der Waals surface area contributed by atoms with E-state index in [-0.39, 0.29) is 12.1 Å². The number of oxazole rings is 1. The van der Waals surface area contributed by atoms with Gasteiger partial charge >= 0.3 is 0 Å². The van der Waals surface area contributed by atoms with Gasteiger partial charge in [0.1, 0.15) is 5.76 Å². The van der Waals surface area contributed by atoms with Crippen molar-refractivity contribution in [3.63, 3.8) is 0 Å². The van der Waals surface area contributed by atoms with Crippen molar-refractivity contribution in [2.75, 3.05) is 6.61 Å². The van der Waals surface area contributed by atoms with Crippen LogP contribution in [-0.2, 0) is 18.5 Å². The van der Waals surface area contributed by atoms with Crippen molar-refractivity contribution in [1.82, 2.24) is 10.3 Å². The summed E-state index contributed by atoms with van der Waals surface area (Å²) in [6.45, 7) is 4.89. The number of nitrogens with zero attached hydrogens (tertiary/aromatic N) is 1. The number of hydrogen-bond acceptors (Lipinski definition) is 4. The maximum Gasteiger partial charge on any atom is 0.181 e. The van der Waals surface area contributed by atoms with Gasteiger partial charge < -0.3 is 9.52 Å². The fourth-order valence-corrected chi connectivity index (χ4v) is 3.23. The molecule has 1 unspecified atom stereocenters. The molecule has 1 aliphatic rings. The van der Waals surface area contributed by atoms with Gasteiger partial charge in [-0.25, -0.2) is 4.98 Å². The van der Waals surface area contributed by atoms with Gasteiger partial charge in [0.25, 0.3) is 0 Å². The number of aromatic nitrogens is 1. The Bertz CT molecular complexity index is 621. The number of hydrogen-bond donors (Lipinski definition) is 2. The second-order valence-electron chi connectivity index (χ2n) is 6.07. The summed E-state index contributed by atoms with van der Waals surface area (Å²) in [7, 11) is 0. The van der Waals surface area contributed by atoms with Crippen molar-refractivity contribution in [2.24, 2.45) is 0 Å². The molecule has 4 heteroatoms. The van der Waals surface area contributed by atoms with Crippen LogP contribution in [0.1, 0.15) is 48.8 Å². The lowest BCUT2D eigenvalue weighted by atomic mass is 9.92. The van der Waals surface area contributed by atoms with E-state index in [1.54, 1.807) is 0 Å². The van der Waals surface area contributed by atoms with Gasteiger partial charge in [-0.1, -0.05) is 38.1 Å². The zero-order chi connectivity index (χ0) is 14.9. The van der Waals surface area contributed by atoms with Gasteiger partial charge in [-0.15, -0.1) is 0 Å². The van der Waals surface area contributed by atoms with Crippen LogP contribution in [0.5, 0.6) is 0 Å². The second-order valence-corrected chi connectivity index (χ2v) is 6.07. The maximum absolute atomic E-state index is 9.96. The first-order chi connectivity index (χ1) is 10.2. The normalized spacial score (nSPS) is 21.0. The third-order valence-corrected chi connectivity index (χ3v) is 4.42. The molecule has 4 nitrogen and oxygen atoms in total. The Hall–Kier alpha value is -1.65. The number of nitrogens with one attached hydrogen (secondary N) is 1. The van der Waals surface area contributed by atoms with Crippen molar-refractivity contribution in [3.05, 3.63) is 53.2 Å². The van der Waals surface area contributed by atoms with Crippen molar-refractivity contribution >= 4 is 0 Å². The summed E-state index contributed by atoms with van der Waals surface area (Å²) in [6, 6.07) is 8.34. The van der Waals surface area contributed by atoms with Crippen molar-refractivity contribution < 1.29 is 9.52 Å². The molecule has 0 aliphatic heterocycles. The molecular formula is C17H22N2O2. The summed E-state index contributed by atoms with van der Waals surface area (Å²) in [6.07, 6.45) is 3.41. The van der Waals surface area contributed by atoms with Gasteiger partial charge in [0.2, 0.25) is 0 Å². The molecular weight excluding hydrogens is 264 g/mol. The summed E-state index contributed by atoms with van der Waals surface area (Å²) >= 11 is 0. The van der Waals surface area contributed by atoms with E-state index in [1.165, 1.54) is 17.5 Å². The highest BCUT2D eigenvalue weighted by Crippen LogP contribution is 2.36. The summed E-state index contributed by atoms with van der Waals surface area (Å²) in [4.78, 5) is 4.31. The Morgan fingerprint density at radius 2 is 2.19 bits per heavy atom. The molecule has 3 rings (SSSR count). The first-order valence-corrected chi connectivity index (χ1v) is 7.53. The molecule has 2 N–H and O–H groups in total. The fourth-order valence-electron chi connectivity index (χ4n) is 3.23. The van der Waals surface area contributed by atoms with Crippen molar-refractivity contribution in [1.29, 1.82) is 0 Å². The monoisotopic (exact) mass is 286 g/mol. The summed E-state index contributed by atoms with van der Waals surface area (Å²) in [5.74, 6) is 1.23. The molecule has 0 fully saturated rings. The molecule has 2 aromatic rings. The molecule has 1 aromatic heterocycles. The molecule has 112 valence electrons. The van der Waals surface area contributed by atoms with Gasteiger partial charge in [0.05, 0.1) is 17.8 Å². The van der Waals surface area contributed by atoms with Gasteiger partial charge in [-0.3, -0.25) is 5.32 Å². The SMILES string of the molecule is CC(C)c1ocnc1CNC1(CO)CCc2ccccc21. The fraction of sp³-hybridized carbons (Fsp3) is 0.471. The number of fused-ring (bicyclic) bond motifs is 1. The number of benzene rings is 1. The average molecular weight is 286 g/mol. The van der Waals surface area contributed by atoms with E-state index in [0.29, 0.717) is 12.5 Å².